The Balaban J connectivity index is 3.39. The van der Waals surface area contributed by atoms with E-state index in [2.05, 4.69) is 0 Å². The van der Waals surface area contributed by atoms with E-state index in [1.807, 2.05) is 13.8 Å². The molecule has 0 aliphatic rings. The fraction of sp³-hybridized carbons (Fsp3) is 0.625. The smallest absolute Gasteiger partial charge is 0.299 e. The minimum Gasteiger partial charge on any atom is -0.369 e. The lowest BCUT2D eigenvalue weighted by Crippen LogP contribution is -2.23. The zero-order valence-corrected chi connectivity index (χ0v) is 14.8. The van der Waals surface area contributed by atoms with E-state index in [9.17, 15) is 20.2 Å². The van der Waals surface area contributed by atoms with Crippen LogP contribution < -0.4 is 9.80 Å². The molecule has 0 aromatic heterocycles. The van der Waals surface area contributed by atoms with E-state index < -0.39 is 9.85 Å². The molecule has 0 radical (unpaired) electrons. The zero-order valence-electron chi connectivity index (χ0n) is 14.8. The van der Waals surface area contributed by atoms with Crippen LogP contribution in [-0.2, 0) is 0 Å². The Morgan fingerprint density at radius 1 is 0.833 bits per heavy atom. The molecule has 1 aromatic carbocycles. The van der Waals surface area contributed by atoms with Gasteiger partial charge in [-0.2, -0.15) is 0 Å². The van der Waals surface area contributed by atoms with Crippen LogP contribution >= 0.6 is 0 Å². The summed E-state index contributed by atoms with van der Waals surface area (Å²) in [6, 6.07) is 2.65. The third-order valence-corrected chi connectivity index (χ3v) is 3.98. The molecule has 0 aliphatic heterocycles. The summed E-state index contributed by atoms with van der Waals surface area (Å²) in [6.07, 6.45) is 3.72. The number of rotatable bonds is 10. The van der Waals surface area contributed by atoms with E-state index in [0.717, 1.165) is 31.7 Å². The van der Waals surface area contributed by atoms with Crippen LogP contribution in [0, 0.1) is 20.2 Å². The molecule has 0 saturated heterocycles. The molecule has 0 unspecified atom stereocenters. The van der Waals surface area contributed by atoms with E-state index in [1.54, 1.807) is 30.0 Å². The molecule has 8 nitrogen and oxygen atoms in total. The quantitative estimate of drug-likeness (QED) is 0.473. The first kappa shape index (κ1) is 19.7. The number of anilines is 2. The Morgan fingerprint density at radius 3 is 1.50 bits per heavy atom. The highest BCUT2D eigenvalue weighted by Gasteiger charge is 2.27. The minimum absolute atomic E-state index is 0.229. The molecule has 0 fully saturated rings. The van der Waals surface area contributed by atoms with Crippen molar-refractivity contribution in [1.29, 1.82) is 0 Å². The summed E-state index contributed by atoms with van der Waals surface area (Å²) in [6.45, 7) is 5.41. The first-order valence-corrected chi connectivity index (χ1v) is 8.22. The van der Waals surface area contributed by atoms with Gasteiger partial charge in [0, 0.05) is 27.2 Å². The predicted molar refractivity (Wildman–Crippen MR) is 96.1 cm³/mol. The predicted octanol–water partition coefficient (Wildman–Crippen LogP) is 3.98. The van der Waals surface area contributed by atoms with Gasteiger partial charge in [0.15, 0.2) is 0 Å². The van der Waals surface area contributed by atoms with E-state index in [1.165, 1.54) is 0 Å². The van der Waals surface area contributed by atoms with Crippen LogP contribution in [-0.4, -0.2) is 37.0 Å². The van der Waals surface area contributed by atoms with Gasteiger partial charge in [-0.3, -0.25) is 20.2 Å². The van der Waals surface area contributed by atoms with Gasteiger partial charge in [0.2, 0.25) is 0 Å². The number of benzene rings is 1. The molecule has 0 atom stereocenters. The molecular weight excluding hydrogens is 312 g/mol. The second kappa shape index (κ2) is 9.05. The lowest BCUT2D eigenvalue weighted by molar-refractivity contribution is -0.393. The van der Waals surface area contributed by atoms with E-state index in [-0.39, 0.29) is 11.4 Å². The molecule has 1 rings (SSSR count). The molecule has 0 saturated carbocycles. The Bertz CT molecular complexity index is 544. The topological polar surface area (TPSA) is 92.8 Å². The van der Waals surface area contributed by atoms with Crippen LogP contribution in [0.15, 0.2) is 12.1 Å². The van der Waals surface area contributed by atoms with Crippen molar-refractivity contribution < 1.29 is 9.85 Å². The largest absolute Gasteiger partial charge is 0.369 e. The van der Waals surface area contributed by atoms with Crippen molar-refractivity contribution in [2.45, 2.75) is 39.5 Å². The van der Waals surface area contributed by atoms with Gasteiger partial charge in [0.25, 0.3) is 11.4 Å². The van der Waals surface area contributed by atoms with Crippen molar-refractivity contribution in [3.8, 4) is 0 Å². The molecule has 0 spiro atoms. The van der Waals surface area contributed by atoms with Gasteiger partial charge in [-0.15, -0.1) is 0 Å². The second-order valence-corrected chi connectivity index (χ2v) is 5.89. The molecule has 0 heterocycles. The van der Waals surface area contributed by atoms with Crippen molar-refractivity contribution in [1.82, 2.24) is 0 Å². The molecule has 0 aliphatic carbocycles. The molecule has 8 heteroatoms. The van der Waals surface area contributed by atoms with Gasteiger partial charge >= 0.3 is 0 Å². The maximum atomic E-state index is 11.4. The SMILES string of the molecule is CCCCN(C)c1cc(N(C)CCCC)c([N+](=O)[O-])cc1[N+](=O)[O-]. The lowest BCUT2D eigenvalue weighted by atomic mass is 10.1. The van der Waals surface area contributed by atoms with Crippen molar-refractivity contribution in [2.24, 2.45) is 0 Å². The molecular formula is C16H26N4O4. The number of hydrogen-bond donors (Lipinski definition) is 0. The number of nitro groups is 2. The molecule has 0 amide bonds. The Hall–Kier alpha value is -2.38. The number of unbranched alkanes of at least 4 members (excludes halogenated alkanes) is 2. The third kappa shape index (κ3) is 4.81. The summed E-state index contributed by atoms with van der Waals surface area (Å²) in [5.74, 6) is 0. The van der Waals surface area contributed by atoms with Crippen LogP contribution in [0.3, 0.4) is 0 Å². The zero-order chi connectivity index (χ0) is 18.3. The van der Waals surface area contributed by atoms with Crippen LogP contribution in [0.5, 0.6) is 0 Å². The highest BCUT2D eigenvalue weighted by Crippen LogP contribution is 2.39. The molecule has 0 bridgehead atoms. The maximum absolute atomic E-state index is 11.4. The van der Waals surface area contributed by atoms with Crippen LogP contribution in [0.4, 0.5) is 22.7 Å². The monoisotopic (exact) mass is 338 g/mol. The van der Waals surface area contributed by atoms with Crippen LogP contribution in [0.2, 0.25) is 0 Å². The fourth-order valence-corrected chi connectivity index (χ4v) is 2.49. The summed E-state index contributed by atoms with van der Waals surface area (Å²) in [7, 11) is 3.55. The maximum Gasteiger partial charge on any atom is 0.299 e. The number of nitrogens with zero attached hydrogens (tertiary/aromatic N) is 4. The van der Waals surface area contributed by atoms with E-state index in [4.69, 9.17) is 0 Å². The highest BCUT2D eigenvalue weighted by atomic mass is 16.6. The molecule has 1 aromatic rings. The van der Waals surface area contributed by atoms with Gasteiger partial charge in [-0.1, -0.05) is 26.7 Å². The molecule has 0 N–H and O–H groups in total. The molecule has 24 heavy (non-hydrogen) atoms. The summed E-state index contributed by atoms with van der Waals surface area (Å²) in [5, 5.41) is 22.7. The second-order valence-electron chi connectivity index (χ2n) is 5.89. The van der Waals surface area contributed by atoms with Crippen molar-refractivity contribution in [3.05, 3.63) is 32.4 Å². The lowest BCUT2D eigenvalue weighted by Gasteiger charge is -2.23. The standard InChI is InChI=1S/C16H26N4O4/c1-5-7-9-17(3)13-11-14(18(4)10-8-6-2)16(20(23)24)12-15(13)19(21)22/h11-12H,5-10H2,1-4H3. The van der Waals surface area contributed by atoms with E-state index >= 15 is 0 Å². The van der Waals surface area contributed by atoms with Gasteiger partial charge < -0.3 is 9.80 Å². The first-order chi connectivity index (χ1) is 11.3. The third-order valence-electron chi connectivity index (χ3n) is 3.98. The summed E-state index contributed by atoms with van der Waals surface area (Å²) < 4.78 is 0. The van der Waals surface area contributed by atoms with Crippen molar-refractivity contribution in [2.75, 3.05) is 37.0 Å². The number of nitro benzene ring substituents is 2. The Morgan fingerprint density at radius 2 is 1.21 bits per heavy atom. The fourth-order valence-electron chi connectivity index (χ4n) is 2.49. The van der Waals surface area contributed by atoms with Gasteiger partial charge in [0.05, 0.1) is 15.9 Å². The highest BCUT2D eigenvalue weighted by molar-refractivity contribution is 5.78. The van der Waals surface area contributed by atoms with Crippen molar-refractivity contribution in [3.63, 3.8) is 0 Å². The van der Waals surface area contributed by atoms with Crippen LogP contribution in [0.1, 0.15) is 39.5 Å². The van der Waals surface area contributed by atoms with Crippen molar-refractivity contribution >= 4 is 22.7 Å². The summed E-state index contributed by atoms with van der Waals surface area (Å²) >= 11 is 0. The Kier molecular flexibility index (Phi) is 7.41. The van der Waals surface area contributed by atoms with E-state index in [0.29, 0.717) is 24.5 Å². The number of hydrogen-bond acceptors (Lipinski definition) is 6. The Labute approximate surface area is 142 Å². The summed E-state index contributed by atoms with van der Waals surface area (Å²) in [5.41, 5.74) is 0.371. The average molecular weight is 338 g/mol. The minimum atomic E-state index is -0.555. The van der Waals surface area contributed by atoms with Gasteiger partial charge in [-0.05, 0) is 18.9 Å². The summed E-state index contributed by atoms with van der Waals surface area (Å²) in [4.78, 5) is 25.2. The van der Waals surface area contributed by atoms with Gasteiger partial charge in [-0.25, -0.2) is 0 Å². The van der Waals surface area contributed by atoms with Crippen LogP contribution in [0.25, 0.3) is 0 Å². The first-order valence-electron chi connectivity index (χ1n) is 8.22. The van der Waals surface area contributed by atoms with Gasteiger partial charge in [0.1, 0.15) is 11.4 Å². The normalized spacial score (nSPS) is 10.5. The molecule has 134 valence electrons. The average Bonchev–Trinajstić information content (AvgIpc) is 2.55.